The van der Waals surface area contributed by atoms with E-state index in [0.717, 1.165) is 15.8 Å². The van der Waals surface area contributed by atoms with Gasteiger partial charge in [-0.3, -0.25) is 0 Å². The van der Waals surface area contributed by atoms with Crippen LogP contribution in [0.4, 0.5) is 0 Å². The molecule has 0 bridgehead atoms. The van der Waals surface area contributed by atoms with E-state index in [4.69, 9.17) is 9.84 Å². The van der Waals surface area contributed by atoms with Gasteiger partial charge in [0.1, 0.15) is 5.75 Å². The van der Waals surface area contributed by atoms with Gasteiger partial charge in [0.25, 0.3) is 0 Å². The first-order valence-electron chi connectivity index (χ1n) is 5.28. The zero-order valence-electron chi connectivity index (χ0n) is 9.32. The van der Waals surface area contributed by atoms with Crippen LogP contribution in [0.15, 0.2) is 22.7 Å². The van der Waals surface area contributed by atoms with Crippen LogP contribution in [0.1, 0.15) is 18.4 Å². The predicted octanol–water partition coefficient (Wildman–Crippen LogP) is 2.13. The van der Waals surface area contributed by atoms with Gasteiger partial charge in [-0.2, -0.15) is 0 Å². The van der Waals surface area contributed by atoms with E-state index >= 15 is 0 Å². The lowest BCUT2D eigenvalue weighted by Gasteiger charge is -2.11. The van der Waals surface area contributed by atoms with Crippen molar-refractivity contribution in [2.24, 2.45) is 0 Å². The SMILES string of the molecule is COc1ccc(CC(O)CCCO)cc1Br. The second kappa shape index (κ2) is 6.89. The molecule has 0 aromatic heterocycles. The Balaban J connectivity index is 2.57. The molecular formula is C12H17BrO3. The molecule has 0 radical (unpaired) electrons. The molecule has 0 saturated heterocycles. The summed E-state index contributed by atoms with van der Waals surface area (Å²) in [4.78, 5) is 0. The van der Waals surface area contributed by atoms with Crippen LogP contribution in [0.3, 0.4) is 0 Å². The summed E-state index contributed by atoms with van der Waals surface area (Å²) in [5.74, 6) is 0.786. The lowest BCUT2D eigenvalue weighted by molar-refractivity contribution is 0.150. The lowest BCUT2D eigenvalue weighted by atomic mass is 10.0. The highest BCUT2D eigenvalue weighted by Crippen LogP contribution is 2.26. The third kappa shape index (κ3) is 4.12. The Morgan fingerprint density at radius 1 is 1.44 bits per heavy atom. The van der Waals surface area contributed by atoms with Crippen molar-refractivity contribution in [1.82, 2.24) is 0 Å². The van der Waals surface area contributed by atoms with Crippen LogP contribution in [0.5, 0.6) is 5.75 Å². The average Bonchev–Trinajstić information content (AvgIpc) is 2.26. The third-order valence-corrected chi connectivity index (χ3v) is 3.00. The minimum atomic E-state index is -0.396. The summed E-state index contributed by atoms with van der Waals surface area (Å²) in [6, 6.07) is 5.75. The van der Waals surface area contributed by atoms with E-state index in [-0.39, 0.29) is 6.61 Å². The summed E-state index contributed by atoms with van der Waals surface area (Å²) in [5, 5.41) is 18.4. The molecule has 16 heavy (non-hydrogen) atoms. The van der Waals surface area contributed by atoms with Crippen molar-refractivity contribution in [3.8, 4) is 5.75 Å². The van der Waals surface area contributed by atoms with Gasteiger partial charge in [-0.25, -0.2) is 0 Å². The van der Waals surface area contributed by atoms with Gasteiger partial charge in [-0.15, -0.1) is 0 Å². The summed E-state index contributed by atoms with van der Waals surface area (Å²) < 4.78 is 6.02. The number of rotatable bonds is 6. The van der Waals surface area contributed by atoms with Gasteiger partial charge in [-0.1, -0.05) is 6.07 Å². The number of benzene rings is 1. The maximum absolute atomic E-state index is 9.69. The largest absolute Gasteiger partial charge is 0.496 e. The molecule has 2 N–H and O–H groups in total. The molecule has 90 valence electrons. The number of hydrogen-bond donors (Lipinski definition) is 2. The van der Waals surface area contributed by atoms with Crippen LogP contribution in [-0.4, -0.2) is 30.0 Å². The zero-order valence-corrected chi connectivity index (χ0v) is 10.9. The number of halogens is 1. The first-order valence-corrected chi connectivity index (χ1v) is 6.08. The Kier molecular flexibility index (Phi) is 5.80. The van der Waals surface area contributed by atoms with Crippen LogP contribution in [0.2, 0.25) is 0 Å². The third-order valence-electron chi connectivity index (χ3n) is 2.38. The predicted molar refractivity (Wildman–Crippen MR) is 66.7 cm³/mol. The van der Waals surface area contributed by atoms with Crippen molar-refractivity contribution < 1.29 is 14.9 Å². The lowest BCUT2D eigenvalue weighted by Crippen LogP contribution is -2.11. The zero-order chi connectivity index (χ0) is 12.0. The number of methoxy groups -OCH3 is 1. The standard InChI is InChI=1S/C12H17BrO3/c1-16-12-5-4-9(8-11(12)13)7-10(15)3-2-6-14/h4-5,8,10,14-15H,2-3,6-7H2,1H3. The molecule has 1 aromatic rings. The molecule has 3 nitrogen and oxygen atoms in total. The van der Waals surface area contributed by atoms with E-state index < -0.39 is 6.10 Å². The highest BCUT2D eigenvalue weighted by atomic mass is 79.9. The summed E-state index contributed by atoms with van der Waals surface area (Å²) >= 11 is 3.40. The van der Waals surface area contributed by atoms with E-state index in [9.17, 15) is 5.11 Å². The molecule has 0 fully saturated rings. The monoisotopic (exact) mass is 288 g/mol. The molecular weight excluding hydrogens is 272 g/mol. The fourth-order valence-electron chi connectivity index (χ4n) is 1.54. The minimum absolute atomic E-state index is 0.128. The van der Waals surface area contributed by atoms with Crippen molar-refractivity contribution in [1.29, 1.82) is 0 Å². The molecule has 1 unspecified atom stereocenters. The molecule has 1 atom stereocenters. The maximum atomic E-state index is 9.69. The van der Waals surface area contributed by atoms with Crippen LogP contribution in [0, 0.1) is 0 Å². The fraction of sp³-hybridized carbons (Fsp3) is 0.500. The molecule has 4 heteroatoms. The molecule has 0 aliphatic rings. The van der Waals surface area contributed by atoms with Crippen LogP contribution >= 0.6 is 15.9 Å². The van der Waals surface area contributed by atoms with Gasteiger partial charge < -0.3 is 14.9 Å². The first-order chi connectivity index (χ1) is 7.67. The molecule has 0 spiro atoms. The quantitative estimate of drug-likeness (QED) is 0.843. The number of aliphatic hydroxyl groups excluding tert-OH is 2. The van der Waals surface area contributed by atoms with E-state index in [1.165, 1.54) is 0 Å². The topological polar surface area (TPSA) is 49.7 Å². The van der Waals surface area contributed by atoms with Crippen molar-refractivity contribution >= 4 is 15.9 Å². The highest BCUT2D eigenvalue weighted by Gasteiger charge is 2.07. The van der Waals surface area contributed by atoms with Crippen molar-refractivity contribution in [3.05, 3.63) is 28.2 Å². The number of hydrogen-bond acceptors (Lipinski definition) is 3. The summed E-state index contributed by atoms with van der Waals surface area (Å²) in [6.07, 6.45) is 1.47. The first kappa shape index (κ1) is 13.5. The van der Waals surface area contributed by atoms with Crippen molar-refractivity contribution in [2.45, 2.75) is 25.4 Å². The molecule has 0 saturated carbocycles. The maximum Gasteiger partial charge on any atom is 0.133 e. The van der Waals surface area contributed by atoms with E-state index in [0.29, 0.717) is 19.3 Å². The van der Waals surface area contributed by atoms with E-state index in [1.807, 2.05) is 18.2 Å². The molecule has 0 amide bonds. The van der Waals surface area contributed by atoms with Gasteiger partial charge in [0.05, 0.1) is 17.7 Å². The van der Waals surface area contributed by atoms with Gasteiger partial charge in [0.15, 0.2) is 0 Å². The van der Waals surface area contributed by atoms with Gasteiger partial charge in [-0.05, 0) is 52.9 Å². The molecule has 0 aliphatic carbocycles. The van der Waals surface area contributed by atoms with Crippen LogP contribution in [0.25, 0.3) is 0 Å². The smallest absolute Gasteiger partial charge is 0.133 e. The Morgan fingerprint density at radius 3 is 2.75 bits per heavy atom. The summed E-state index contributed by atoms with van der Waals surface area (Å²) in [5.41, 5.74) is 1.05. The fourth-order valence-corrected chi connectivity index (χ4v) is 2.13. The highest BCUT2D eigenvalue weighted by molar-refractivity contribution is 9.10. The van der Waals surface area contributed by atoms with E-state index in [1.54, 1.807) is 7.11 Å². The summed E-state index contributed by atoms with van der Waals surface area (Å²) in [7, 11) is 1.62. The van der Waals surface area contributed by atoms with Crippen LogP contribution < -0.4 is 4.74 Å². The Hall–Kier alpha value is -0.580. The number of aliphatic hydroxyl groups is 2. The minimum Gasteiger partial charge on any atom is -0.496 e. The van der Waals surface area contributed by atoms with E-state index in [2.05, 4.69) is 15.9 Å². The van der Waals surface area contributed by atoms with Crippen molar-refractivity contribution in [2.75, 3.05) is 13.7 Å². The molecule has 1 aromatic carbocycles. The molecule has 1 rings (SSSR count). The Labute approximate surface area is 104 Å². The molecule has 0 heterocycles. The summed E-state index contributed by atoms with van der Waals surface area (Å²) in [6.45, 7) is 0.128. The Morgan fingerprint density at radius 2 is 2.19 bits per heavy atom. The van der Waals surface area contributed by atoms with Gasteiger partial charge >= 0.3 is 0 Å². The van der Waals surface area contributed by atoms with Crippen LogP contribution in [-0.2, 0) is 6.42 Å². The van der Waals surface area contributed by atoms with Crippen molar-refractivity contribution in [3.63, 3.8) is 0 Å². The van der Waals surface area contributed by atoms with Gasteiger partial charge in [0.2, 0.25) is 0 Å². The Bertz CT molecular complexity index is 328. The molecule has 0 aliphatic heterocycles. The second-order valence-corrected chi connectivity index (χ2v) is 4.55. The average molecular weight is 289 g/mol. The second-order valence-electron chi connectivity index (χ2n) is 3.69. The van der Waals surface area contributed by atoms with Gasteiger partial charge in [0, 0.05) is 6.61 Å². The normalized spacial score (nSPS) is 12.5. The number of ether oxygens (including phenoxy) is 1.